The molecule has 0 aromatic carbocycles. The minimum Gasteiger partial charge on any atom is -0.477 e. The highest BCUT2D eigenvalue weighted by molar-refractivity contribution is 5.76. The van der Waals surface area contributed by atoms with Crippen LogP contribution >= 0.6 is 0 Å². The summed E-state index contributed by atoms with van der Waals surface area (Å²) < 4.78 is 10.0. The molecule has 1 aliphatic rings. The average molecular weight is 323 g/mol. The number of methoxy groups -OCH3 is 1. The predicted molar refractivity (Wildman–Crippen MR) is 69.6 cm³/mol. The first-order valence-electron chi connectivity index (χ1n) is 6.57. The molecule has 1 heterocycles. The molecule has 22 heavy (non-hydrogen) atoms. The third-order valence-electron chi connectivity index (χ3n) is 3.52. The van der Waals surface area contributed by atoms with Crippen LogP contribution in [0.25, 0.3) is 0 Å². The molecule has 6 atom stereocenters. The van der Waals surface area contributed by atoms with Crippen LogP contribution in [-0.2, 0) is 19.1 Å². The number of carbonyl (C=O) groups is 2. The van der Waals surface area contributed by atoms with E-state index in [0.717, 1.165) is 14.0 Å². The SMILES string of the molecule is CO[C@]1(C(=O)O)C[C@H](O)[C@H](NC(C)=O)[C@H]([C@@H](O)[C@H](O)CO)O1. The fraction of sp³-hybridized carbons (Fsp3) is 0.833. The molecule has 1 rings (SSSR count). The highest BCUT2D eigenvalue weighted by Crippen LogP contribution is 2.32. The first-order valence-corrected chi connectivity index (χ1v) is 6.57. The van der Waals surface area contributed by atoms with Gasteiger partial charge in [0, 0.05) is 20.5 Å². The molecule has 1 aliphatic heterocycles. The Morgan fingerprint density at radius 1 is 1.45 bits per heavy atom. The Kier molecular flexibility index (Phi) is 6.23. The van der Waals surface area contributed by atoms with Crippen molar-refractivity contribution in [2.75, 3.05) is 13.7 Å². The molecule has 0 spiro atoms. The molecule has 1 saturated heterocycles. The second-order valence-corrected chi connectivity index (χ2v) is 5.08. The van der Waals surface area contributed by atoms with Gasteiger partial charge in [0.1, 0.15) is 18.3 Å². The fourth-order valence-electron chi connectivity index (χ4n) is 2.34. The highest BCUT2D eigenvalue weighted by Gasteiger charge is 2.55. The van der Waals surface area contributed by atoms with Gasteiger partial charge < -0.3 is 40.3 Å². The number of hydrogen-bond acceptors (Lipinski definition) is 8. The van der Waals surface area contributed by atoms with Crippen molar-refractivity contribution in [2.24, 2.45) is 0 Å². The summed E-state index contributed by atoms with van der Waals surface area (Å²) in [5.74, 6) is -4.33. The van der Waals surface area contributed by atoms with Crippen LogP contribution in [0.1, 0.15) is 13.3 Å². The van der Waals surface area contributed by atoms with Gasteiger partial charge in [-0.2, -0.15) is 0 Å². The normalized spacial score (nSPS) is 34.7. The maximum Gasteiger partial charge on any atom is 0.364 e. The third-order valence-corrected chi connectivity index (χ3v) is 3.52. The van der Waals surface area contributed by atoms with E-state index in [9.17, 15) is 30.0 Å². The Hall–Kier alpha value is -1.30. The molecular formula is C12H21NO9. The summed E-state index contributed by atoms with van der Waals surface area (Å²) in [6.07, 6.45) is -6.84. The lowest BCUT2D eigenvalue weighted by molar-refractivity contribution is -0.303. The number of aliphatic hydroxyl groups excluding tert-OH is 4. The van der Waals surface area contributed by atoms with Gasteiger partial charge in [0.05, 0.1) is 18.8 Å². The molecule has 0 unspecified atom stereocenters. The number of ether oxygens (including phenoxy) is 2. The largest absolute Gasteiger partial charge is 0.477 e. The number of amides is 1. The van der Waals surface area contributed by atoms with Crippen molar-refractivity contribution in [2.45, 2.75) is 49.6 Å². The topological polar surface area (TPSA) is 166 Å². The van der Waals surface area contributed by atoms with Crippen LogP contribution in [0, 0.1) is 0 Å². The van der Waals surface area contributed by atoms with Gasteiger partial charge in [-0.3, -0.25) is 4.79 Å². The molecule has 0 bridgehead atoms. The van der Waals surface area contributed by atoms with E-state index < -0.39 is 61.1 Å². The molecule has 128 valence electrons. The van der Waals surface area contributed by atoms with Crippen molar-refractivity contribution in [3.8, 4) is 0 Å². The summed E-state index contributed by atoms with van der Waals surface area (Å²) in [5.41, 5.74) is 0. The summed E-state index contributed by atoms with van der Waals surface area (Å²) >= 11 is 0. The molecule has 0 aromatic heterocycles. The molecule has 0 aliphatic carbocycles. The van der Waals surface area contributed by atoms with E-state index in [1.54, 1.807) is 0 Å². The molecule has 6 N–H and O–H groups in total. The van der Waals surface area contributed by atoms with Crippen molar-refractivity contribution < 1.29 is 44.6 Å². The molecule has 1 amide bonds. The van der Waals surface area contributed by atoms with Crippen molar-refractivity contribution in [1.82, 2.24) is 5.32 Å². The van der Waals surface area contributed by atoms with Gasteiger partial charge >= 0.3 is 5.97 Å². The van der Waals surface area contributed by atoms with Crippen LogP contribution in [0.2, 0.25) is 0 Å². The summed E-state index contributed by atoms with van der Waals surface area (Å²) in [6, 6.07) is -1.18. The lowest BCUT2D eigenvalue weighted by Crippen LogP contribution is -2.67. The van der Waals surface area contributed by atoms with E-state index in [-0.39, 0.29) is 0 Å². The zero-order valence-electron chi connectivity index (χ0n) is 12.2. The standard InChI is InChI=1S/C12H21NO9/c1-5(15)13-8-6(16)3-12(21-2,11(19)20)22-10(8)9(18)7(17)4-14/h6-10,14,16-18H,3-4H2,1-2H3,(H,13,15)(H,19,20)/t6-,7+,8-,9-,10+,12+/m0/s1. The Labute approximate surface area is 126 Å². The molecule has 0 aromatic rings. The minimum absolute atomic E-state index is 0.498. The zero-order valence-corrected chi connectivity index (χ0v) is 12.2. The predicted octanol–water partition coefficient (Wildman–Crippen LogP) is -3.22. The highest BCUT2D eigenvalue weighted by atomic mass is 16.7. The maximum atomic E-state index is 11.3. The Morgan fingerprint density at radius 3 is 2.45 bits per heavy atom. The van der Waals surface area contributed by atoms with Crippen LogP contribution in [0.3, 0.4) is 0 Å². The zero-order chi connectivity index (χ0) is 17.1. The molecule has 10 nitrogen and oxygen atoms in total. The molecule has 0 radical (unpaired) electrons. The number of hydrogen-bond donors (Lipinski definition) is 6. The van der Waals surface area contributed by atoms with E-state index in [1.165, 1.54) is 0 Å². The number of aliphatic carboxylic acids is 1. The second kappa shape index (κ2) is 7.31. The fourth-order valence-corrected chi connectivity index (χ4v) is 2.34. The van der Waals surface area contributed by atoms with Crippen LogP contribution in [0.5, 0.6) is 0 Å². The van der Waals surface area contributed by atoms with Gasteiger partial charge in [-0.05, 0) is 0 Å². The molecule has 0 saturated carbocycles. The summed E-state index contributed by atoms with van der Waals surface area (Å²) in [7, 11) is 1.05. The number of nitrogens with one attached hydrogen (secondary N) is 1. The number of rotatable bonds is 6. The smallest absolute Gasteiger partial charge is 0.364 e. The van der Waals surface area contributed by atoms with Crippen LogP contribution in [0.4, 0.5) is 0 Å². The van der Waals surface area contributed by atoms with Crippen LogP contribution in [-0.4, -0.2) is 87.4 Å². The van der Waals surface area contributed by atoms with Gasteiger partial charge in [0.2, 0.25) is 5.91 Å². The van der Waals surface area contributed by atoms with Crippen molar-refractivity contribution in [3.63, 3.8) is 0 Å². The number of aliphatic hydroxyl groups is 4. The molecule has 1 fully saturated rings. The van der Waals surface area contributed by atoms with Crippen LogP contribution < -0.4 is 5.32 Å². The summed E-state index contributed by atoms with van der Waals surface area (Å²) in [6.45, 7) is 0.338. The first-order chi connectivity index (χ1) is 10.2. The second-order valence-electron chi connectivity index (χ2n) is 5.08. The number of carboxylic acids is 1. The van der Waals surface area contributed by atoms with Crippen molar-refractivity contribution in [1.29, 1.82) is 0 Å². The van der Waals surface area contributed by atoms with Crippen LogP contribution in [0.15, 0.2) is 0 Å². The van der Waals surface area contributed by atoms with Gasteiger partial charge in [-0.1, -0.05) is 0 Å². The lowest BCUT2D eigenvalue weighted by atomic mass is 9.88. The third kappa shape index (κ3) is 3.72. The Morgan fingerprint density at radius 2 is 2.05 bits per heavy atom. The van der Waals surface area contributed by atoms with Gasteiger partial charge in [-0.25, -0.2) is 4.79 Å². The van der Waals surface area contributed by atoms with Gasteiger partial charge in [-0.15, -0.1) is 0 Å². The maximum absolute atomic E-state index is 11.3. The van der Waals surface area contributed by atoms with E-state index in [2.05, 4.69) is 5.32 Å². The van der Waals surface area contributed by atoms with E-state index >= 15 is 0 Å². The van der Waals surface area contributed by atoms with Crippen molar-refractivity contribution in [3.05, 3.63) is 0 Å². The quantitative estimate of drug-likeness (QED) is 0.295. The lowest BCUT2D eigenvalue weighted by Gasteiger charge is -2.46. The average Bonchev–Trinajstić information content (AvgIpc) is 2.46. The Balaban J connectivity index is 3.14. The summed E-state index contributed by atoms with van der Waals surface area (Å²) in [4.78, 5) is 22.6. The molecular weight excluding hydrogens is 302 g/mol. The van der Waals surface area contributed by atoms with E-state index in [4.69, 9.17) is 14.6 Å². The van der Waals surface area contributed by atoms with Gasteiger partial charge in [0.25, 0.3) is 5.79 Å². The molecule has 10 heteroatoms. The minimum atomic E-state index is -2.24. The number of carboxylic acid groups (broad SMARTS) is 1. The van der Waals surface area contributed by atoms with Gasteiger partial charge in [0.15, 0.2) is 0 Å². The van der Waals surface area contributed by atoms with E-state index in [0.29, 0.717) is 0 Å². The summed E-state index contributed by atoms with van der Waals surface area (Å²) in [5, 5.41) is 50.1. The number of carbonyl (C=O) groups excluding carboxylic acids is 1. The monoisotopic (exact) mass is 323 g/mol. The van der Waals surface area contributed by atoms with Crippen molar-refractivity contribution >= 4 is 11.9 Å². The Bertz CT molecular complexity index is 417. The first kappa shape index (κ1) is 18.7. The van der Waals surface area contributed by atoms with E-state index in [1.807, 2.05) is 0 Å².